The Morgan fingerprint density at radius 1 is 0.520 bits per heavy atom. The van der Waals surface area contributed by atoms with Gasteiger partial charge in [-0.25, -0.2) is 0 Å². The number of amides is 4. The Labute approximate surface area is 435 Å². The molecule has 75 heavy (non-hydrogen) atoms. The van der Waals surface area contributed by atoms with Crippen LogP contribution in [0.2, 0.25) is 0 Å². The Morgan fingerprint density at radius 3 is 1.52 bits per heavy atom. The number of ether oxygens (including phenoxy) is 10. The second-order valence-corrected chi connectivity index (χ2v) is 17.9. The average molecular weight is 1080 g/mol. The first-order chi connectivity index (χ1) is 35.5. The fraction of sp³-hybridized carbons (Fsp3) is 0.771. The molecule has 10 unspecified atom stereocenters. The summed E-state index contributed by atoms with van der Waals surface area (Å²) < 4.78 is 55.4. The lowest BCUT2D eigenvalue weighted by Crippen LogP contribution is -2.66. The van der Waals surface area contributed by atoms with Crippen LogP contribution in [0.4, 0.5) is 0 Å². The van der Waals surface area contributed by atoms with Crippen LogP contribution in [0.1, 0.15) is 132 Å². The van der Waals surface area contributed by atoms with Gasteiger partial charge in [0.15, 0.2) is 37.0 Å². The minimum Gasteiger partial charge on any atom is -0.481 e. The van der Waals surface area contributed by atoms with Crippen molar-refractivity contribution in [2.24, 2.45) is 5.73 Å². The summed E-state index contributed by atoms with van der Waals surface area (Å²) >= 11 is 0. The van der Waals surface area contributed by atoms with E-state index in [0.29, 0.717) is 57.8 Å². The Morgan fingerprint density at radius 2 is 0.987 bits per heavy atom. The molecule has 0 saturated carbocycles. The zero-order chi connectivity index (χ0) is 56.0. The van der Waals surface area contributed by atoms with Crippen molar-refractivity contribution in [2.75, 3.05) is 39.5 Å². The second kappa shape index (κ2) is 35.3. The van der Waals surface area contributed by atoms with E-state index in [1.54, 1.807) is 0 Å². The molecule has 0 aromatic rings. The number of carbonyl (C=O) groups excluding carboxylic acids is 10. The number of hydrogen-bond donors (Lipinski definition) is 6. The van der Waals surface area contributed by atoms with E-state index in [0.717, 1.165) is 27.7 Å². The SMILES string of the molecule is CC(=O)NC1C(OCCCCC(=O)NCCCC[C@H](NC(=O)CCCCOC2OC(COC(C)=O)C(OC(C)=O)C(OC(C)=O)C2N)C(=O)NCCCCCC(=O)O)OC(COC(C)=O)C(OC(C)=O)C1OC(C)=O. The maximum Gasteiger partial charge on any atom is 0.303 e. The van der Waals surface area contributed by atoms with E-state index < -0.39 is 127 Å². The van der Waals surface area contributed by atoms with Gasteiger partial charge in [0.2, 0.25) is 23.6 Å². The Hall–Kier alpha value is -6.03. The lowest BCUT2D eigenvalue weighted by Gasteiger charge is -2.44. The van der Waals surface area contributed by atoms with E-state index in [4.69, 9.17) is 58.2 Å². The number of unbranched alkanes of at least 4 members (excludes halogenated alkanes) is 5. The first kappa shape index (κ1) is 65.1. The minimum atomic E-state index is -1.28. The molecule has 2 saturated heterocycles. The molecule has 0 bridgehead atoms. The summed E-state index contributed by atoms with van der Waals surface area (Å²) in [5.74, 6) is -6.76. The number of carboxylic acid groups (broad SMARTS) is 1. The summed E-state index contributed by atoms with van der Waals surface area (Å²) in [4.78, 5) is 133. The van der Waals surface area contributed by atoms with Crippen LogP contribution >= 0.6 is 0 Å². The smallest absolute Gasteiger partial charge is 0.303 e. The van der Waals surface area contributed by atoms with E-state index >= 15 is 0 Å². The fourth-order valence-electron chi connectivity index (χ4n) is 7.93. The molecule has 2 aliphatic rings. The highest BCUT2D eigenvalue weighted by molar-refractivity contribution is 5.87. The van der Waals surface area contributed by atoms with Gasteiger partial charge < -0.3 is 79.5 Å². The van der Waals surface area contributed by atoms with Gasteiger partial charge >= 0.3 is 41.8 Å². The summed E-state index contributed by atoms with van der Waals surface area (Å²) in [7, 11) is 0. The molecule has 11 atom stereocenters. The summed E-state index contributed by atoms with van der Waals surface area (Å²) in [6, 6.07) is -3.16. The van der Waals surface area contributed by atoms with Crippen LogP contribution in [0, 0.1) is 0 Å². The first-order valence-corrected chi connectivity index (χ1v) is 25.1. The third kappa shape index (κ3) is 26.8. The van der Waals surface area contributed by atoms with E-state index in [9.17, 15) is 52.7 Å². The van der Waals surface area contributed by atoms with E-state index in [1.807, 2.05) is 0 Å². The van der Waals surface area contributed by atoms with Crippen LogP contribution in [0.25, 0.3) is 0 Å². The number of hydrogen-bond acceptors (Lipinski definition) is 22. The maximum atomic E-state index is 13.3. The molecule has 27 heteroatoms. The Kier molecular flexibility index (Phi) is 30.6. The third-order valence-electron chi connectivity index (χ3n) is 11.2. The molecule has 426 valence electrons. The number of rotatable bonds is 34. The molecule has 2 heterocycles. The van der Waals surface area contributed by atoms with Crippen molar-refractivity contribution in [2.45, 2.75) is 199 Å². The van der Waals surface area contributed by atoms with Gasteiger partial charge in [-0.3, -0.25) is 52.7 Å². The minimum absolute atomic E-state index is 0.00614. The van der Waals surface area contributed by atoms with Crippen molar-refractivity contribution in [1.82, 2.24) is 21.3 Å². The molecule has 7 N–H and O–H groups in total. The van der Waals surface area contributed by atoms with Gasteiger partial charge in [-0.15, -0.1) is 0 Å². The average Bonchev–Trinajstić information content (AvgIpc) is 3.30. The van der Waals surface area contributed by atoms with Crippen LogP contribution in [0.3, 0.4) is 0 Å². The Balaban J connectivity index is 1.92. The van der Waals surface area contributed by atoms with Gasteiger partial charge in [-0.1, -0.05) is 6.42 Å². The molecule has 0 aliphatic carbocycles. The molecule has 0 spiro atoms. The van der Waals surface area contributed by atoms with Gasteiger partial charge in [0.1, 0.15) is 37.5 Å². The van der Waals surface area contributed by atoms with E-state index in [1.165, 1.54) is 20.8 Å². The van der Waals surface area contributed by atoms with Crippen LogP contribution < -0.4 is 27.0 Å². The maximum absolute atomic E-state index is 13.3. The van der Waals surface area contributed by atoms with Crippen molar-refractivity contribution in [3.8, 4) is 0 Å². The lowest BCUT2D eigenvalue weighted by molar-refractivity contribution is -0.277. The van der Waals surface area contributed by atoms with E-state index in [-0.39, 0.29) is 71.1 Å². The molecule has 2 rings (SSSR count). The largest absolute Gasteiger partial charge is 0.481 e. The van der Waals surface area contributed by atoms with Crippen molar-refractivity contribution >= 4 is 65.4 Å². The van der Waals surface area contributed by atoms with Crippen LogP contribution in [0.5, 0.6) is 0 Å². The number of carboxylic acids is 1. The highest BCUT2D eigenvalue weighted by atomic mass is 16.7. The molecule has 2 aliphatic heterocycles. The van der Waals surface area contributed by atoms with E-state index in [2.05, 4.69) is 21.3 Å². The highest BCUT2D eigenvalue weighted by Gasteiger charge is 2.52. The number of nitrogens with two attached hydrogens (primary N) is 1. The second-order valence-electron chi connectivity index (χ2n) is 17.9. The topological polar surface area (TPSA) is 374 Å². The molecule has 4 amide bonds. The zero-order valence-corrected chi connectivity index (χ0v) is 43.9. The summed E-state index contributed by atoms with van der Waals surface area (Å²) in [6.45, 7) is 7.94. The van der Waals surface area contributed by atoms with Gasteiger partial charge in [-0.2, -0.15) is 0 Å². The molecule has 0 radical (unpaired) electrons. The number of nitrogens with one attached hydrogen (secondary N) is 4. The quantitative estimate of drug-likeness (QED) is 0.0281. The standard InChI is InChI=1S/C48H77N5O22/c1-27(54)52-41-45(73-33(7)60)43(71-31(5)58)36(26-69-29(3)56)75-48(41)67-24-15-11-18-37(61)50-21-14-10-17-34(46(65)51-22-13-8-9-20-39(63)64)53-38(62)19-12-16-23-66-47-40(49)44(72-32(6)59)42(70-30(4)57)35(74-47)25-68-28(2)55/h34-36,40-45,47-48H,8-26,49H2,1-7H3,(H,50,61)(H,51,65)(H,52,54)(H,53,62)(H,63,64)/t34-,35?,36?,40?,41?,42?,43?,44?,45?,47?,48?/m0/s1. The number of carbonyl (C=O) groups is 11. The summed E-state index contributed by atoms with van der Waals surface area (Å²) in [5.41, 5.74) is 6.33. The fourth-order valence-corrected chi connectivity index (χ4v) is 7.93. The molecule has 27 nitrogen and oxygen atoms in total. The predicted molar refractivity (Wildman–Crippen MR) is 256 cm³/mol. The molecular weight excluding hydrogens is 999 g/mol. The summed E-state index contributed by atoms with van der Waals surface area (Å²) in [5, 5.41) is 19.9. The van der Waals surface area contributed by atoms with Gasteiger partial charge in [0, 0.05) is 94.0 Å². The number of esters is 6. The van der Waals surface area contributed by atoms with Gasteiger partial charge in [-0.05, 0) is 57.8 Å². The van der Waals surface area contributed by atoms with Crippen LogP contribution in [0.15, 0.2) is 0 Å². The molecule has 0 aromatic carbocycles. The van der Waals surface area contributed by atoms with Gasteiger partial charge in [0.05, 0.1) is 6.04 Å². The third-order valence-corrected chi connectivity index (χ3v) is 11.2. The molecule has 0 aromatic heterocycles. The van der Waals surface area contributed by atoms with Crippen molar-refractivity contribution in [3.63, 3.8) is 0 Å². The zero-order valence-electron chi connectivity index (χ0n) is 43.9. The molecule has 2 fully saturated rings. The Bertz CT molecular complexity index is 1910. The lowest BCUT2D eigenvalue weighted by atomic mass is 9.96. The van der Waals surface area contributed by atoms with Crippen LogP contribution in [-0.2, 0) is 100 Å². The van der Waals surface area contributed by atoms with Crippen LogP contribution in [-0.4, -0.2) is 177 Å². The predicted octanol–water partition coefficient (Wildman–Crippen LogP) is 0.0275. The first-order valence-electron chi connectivity index (χ1n) is 25.1. The molecular formula is C48H77N5O22. The van der Waals surface area contributed by atoms with Crippen molar-refractivity contribution < 1.29 is 105 Å². The van der Waals surface area contributed by atoms with Gasteiger partial charge in [0.25, 0.3) is 0 Å². The van der Waals surface area contributed by atoms with Crippen molar-refractivity contribution in [3.05, 3.63) is 0 Å². The monoisotopic (exact) mass is 1080 g/mol. The summed E-state index contributed by atoms with van der Waals surface area (Å²) in [6.07, 6.45) is -5.44. The van der Waals surface area contributed by atoms with Crippen molar-refractivity contribution in [1.29, 1.82) is 0 Å². The highest BCUT2D eigenvalue weighted by Crippen LogP contribution is 2.29. The number of aliphatic carboxylic acids is 1. The normalized spacial score (nSPS) is 23.5.